The molecule has 0 atom stereocenters. The Bertz CT molecular complexity index is 1060. The standard InChI is InChI=1S/C27H34N4O4/c1-27(2)24(32)30(26(34)31(25(27)33)20-21-10-5-4-6-11-21)15-9-14-28-16-18-29(19-17-28)22-12-7-8-13-23(22)35-3/h4-8,10-13H,9,14-20H2,1-3H3. The molecule has 2 aliphatic rings. The van der Waals surface area contributed by atoms with Gasteiger partial charge in [0, 0.05) is 32.7 Å². The van der Waals surface area contributed by atoms with Gasteiger partial charge < -0.3 is 9.64 Å². The van der Waals surface area contributed by atoms with Gasteiger partial charge in [0.15, 0.2) is 0 Å². The van der Waals surface area contributed by atoms with Gasteiger partial charge in [0.05, 0.1) is 19.3 Å². The fourth-order valence-electron chi connectivity index (χ4n) is 4.74. The van der Waals surface area contributed by atoms with Crippen LogP contribution in [-0.4, -0.2) is 78.9 Å². The van der Waals surface area contributed by atoms with Gasteiger partial charge in [-0.2, -0.15) is 0 Å². The van der Waals surface area contributed by atoms with Crippen molar-refractivity contribution in [3.05, 3.63) is 60.2 Å². The lowest BCUT2D eigenvalue weighted by Gasteiger charge is -2.41. The molecule has 8 heteroatoms. The molecule has 2 aromatic carbocycles. The summed E-state index contributed by atoms with van der Waals surface area (Å²) < 4.78 is 5.50. The smallest absolute Gasteiger partial charge is 0.333 e. The maximum absolute atomic E-state index is 13.2. The summed E-state index contributed by atoms with van der Waals surface area (Å²) in [7, 11) is 1.69. The lowest BCUT2D eigenvalue weighted by atomic mass is 9.87. The molecule has 0 aromatic heterocycles. The van der Waals surface area contributed by atoms with Crippen LogP contribution in [0.1, 0.15) is 25.8 Å². The Morgan fingerprint density at radius 1 is 0.800 bits per heavy atom. The van der Waals surface area contributed by atoms with Gasteiger partial charge >= 0.3 is 6.03 Å². The molecule has 0 radical (unpaired) electrons. The Kier molecular flexibility index (Phi) is 7.40. The van der Waals surface area contributed by atoms with E-state index in [-0.39, 0.29) is 6.54 Å². The quantitative estimate of drug-likeness (QED) is 0.543. The minimum Gasteiger partial charge on any atom is -0.495 e. The fraction of sp³-hybridized carbons (Fsp3) is 0.444. The zero-order valence-electron chi connectivity index (χ0n) is 20.8. The second-order valence-corrected chi connectivity index (χ2v) is 9.60. The van der Waals surface area contributed by atoms with E-state index >= 15 is 0 Å². The van der Waals surface area contributed by atoms with Crippen molar-refractivity contribution in [2.45, 2.75) is 26.8 Å². The predicted octanol–water partition coefficient (Wildman–Crippen LogP) is 3.22. The van der Waals surface area contributed by atoms with E-state index in [0.717, 1.165) is 49.7 Å². The summed E-state index contributed by atoms with van der Waals surface area (Å²) in [6.45, 7) is 8.00. The molecule has 2 aromatic rings. The van der Waals surface area contributed by atoms with Gasteiger partial charge in [-0.15, -0.1) is 0 Å². The Morgan fingerprint density at radius 3 is 2.11 bits per heavy atom. The van der Waals surface area contributed by atoms with Crippen LogP contribution in [0.4, 0.5) is 10.5 Å². The van der Waals surface area contributed by atoms with Crippen LogP contribution in [0.3, 0.4) is 0 Å². The van der Waals surface area contributed by atoms with Gasteiger partial charge in [0.2, 0.25) is 11.8 Å². The SMILES string of the molecule is COc1ccccc1N1CCN(CCCN2C(=O)N(Cc3ccccc3)C(=O)C(C)(C)C2=O)CC1. The van der Waals surface area contributed by atoms with Crippen LogP contribution >= 0.6 is 0 Å². The van der Waals surface area contributed by atoms with Crippen LogP contribution in [0.5, 0.6) is 5.75 Å². The van der Waals surface area contributed by atoms with E-state index in [2.05, 4.69) is 15.9 Å². The minimum atomic E-state index is -1.26. The number of rotatable bonds is 8. The molecule has 4 amide bonds. The van der Waals surface area contributed by atoms with Crippen molar-refractivity contribution in [1.82, 2.24) is 14.7 Å². The van der Waals surface area contributed by atoms with Crippen molar-refractivity contribution >= 4 is 23.5 Å². The molecule has 2 aliphatic heterocycles. The van der Waals surface area contributed by atoms with Crippen molar-refractivity contribution < 1.29 is 19.1 Å². The molecule has 0 spiro atoms. The third-order valence-corrected chi connectivity index (χ3v) is 6.86. The van der Waals surface area contributed by atoms with Crippen molar-refractivity contribution in [1.29, 1.82) is 0 Å². The van der Waals surface area contributed by atoms with Crippen molar-refractivity contribution in [2.24, 2.45) is 5.41 Å². The summed E-state index contributed by atoms with van der Waals surface area (Å²) in [5.41, 5.74) is 0.694. The van der Waals surface area contributed by atoms with E-state index in [1.165, 1.54) is 9.80 Å². The fourth-order valence-corrected chi connectivity index (χ4v) is 4.74. The first-order chi connectivity index (χ1) is 16.8. The molecule has 0 saturated carbocycles. The third kappa shape index (κ3) is 5.17. The van der Waals surface area contributed by atoms with E-state index in [1.54, 1.807) is 21.0 Å². The minimum absolute atomic E-state index is 0.163. The number of benzene rings is 2. The highest BCUT2D eigenvalue weighted by Gasteiger charge is 2.51. The van der Waals surface area contributed by atoms with E-state index in [9.17, 15) is 14.4 Å². The number of piperazine rings is 1. The first kappa shape index (κ1) is 24.7. The summed E-state index contributed by atoms with van der Waals surface area (Å²) >= 11 is 0. The number of para-hydroxylation sites is 2. The highest BCUT2D eigenvalue weighted by molar-refractivity contribution is 6.18. The van der Waals surface area contributed by atoms with Gasteiger partial charge in [-0.25, -0.2) is 4.79 Å². The van der Waals surface area contributed by atoms with E-state index in [4.69, 9.17) is 4.74 Å². The van der Waals surface area contributed by atoms with Crippen LogP contribution in [0.15, 0.2) is 54.6 Å². The van der Waals surface area contributed by atoms with Crippen LogP contribution < -0.4 is 9.64 Å². The molecule has 0 bridgehead atoms. The first-order valence-electron chi connectivity index (χ1n) is 12.1. The van der Waals surface area contributed by atoms with Crippen molar-refractivity contribution in [2.75, 3.05) is 51.3 Å². The first-order valence-corrected chi connectivity index (χ1v) is 12.1. The Labute approximate surface area is 207 Å². The largest absolute Gasteiger partial charge is 0.495 e. The number of anilines is 1. The monoisotopic (exact) mass is 478 g/mol. The average Bonchev–Trinajstić information content (AvgIpc) is 2.89. The summed E-state index contributed by atoms with van der Waals surface area (Å²) in [5, 5.41) is 0. The topological polar surface area (TPSA) is 73.4 Å². The van der Waals surface area contributed by atoms with Crippen LogP contribution in [0.25, 0.3) is 0 Å². The van der Waals surface area contributed by atoms with E-state index < -0.39 is 23.3 Å². The van der Waals surface area contributed by atoms with Crippen LogP contribution in [0, 0.1) is 5.41 Å². The molecule has 0 aliphatic carbocycles. The van der Waals surface area contributed by atoms with Gasteiger partial charge in [0.1, 0.15) is 11.2 Å². The number of methoxy groups -OCH3 is 1. The van der Waals surface area contributed by atoms with Crippen LogP contribution in [0.2, 0.25) is 0 Å². The number of nitrogens with zero attached hydrogens (tertiary/aromatic N) is 4. The lowest BCUT2D eigenvalue weighted by molar-refractivity contribution is -0.156. The lowest BCUT2D eigenvalue weighted by Crippen LogP contribution is -2.63. The second-order valence-electron chi connectivity index (χ2n) is 9.60. The molecular formula is C27H34N4O4. The molecule has 2 fully saturated rings. The zero-order chi connectivity index (χ0) is 25.0. The van der Waals surface area contributed by atoms with E-state index in [0.29, 0.717) is 13.0 Å². The molecule has 2 heterocycles. The molecular weight excluding hydrogens is 444 g/mol. The van der Waals surface area contributed by atoms with E-state index in [1.807, 2.05) is 48.5 Å². The van der Waals surface area contributed by atoms with Gasteiger partial charge in [0.25, 0.3) is 0 Å². The number of carbonyl (C=O) groups excluding carboxylic acids is 3. The highest BCUT2D eigenvalue weighted by Crippen LogP contribution is 2.30. The molecule has 35 heavy (non-hydrogen) atoms. The van der Waals surface area contributed by atoms with Crippen molar-refractivity contribution in [3.8, 4) is 5.75 Å². The molecule has 4 rings (SSSR count). The number of amides is 4. The van der Waals surface area contributed by atoms with Gasteiger partial charge in [-0.05, 0) is 44.5 Å². The number of hydrogen-bond donors (Lipinski definition) is 0. The van der Waals surface area contributed by atoms with Crippen LogP contribution in [-0.2, 0) is 16.1 Å². The normalized spacial score (nSPS) is 18.8. The Hall–Kier alpha value is -3.39. The highest BCUT2D eigenvalue weighted by atomic mass is 16.5. The Morgan fingerprint density at radius 2 is 1.43 bits per heavy atom. The molecule has 8 nitrogen and oxygen atoms in total. The predicted molar refractivity (Wildman–Crippen MR) is 134 cm³/mol. The zero-order valence-corrected chi connectivity index (χ0v) is 20.8. The maximum atomic E-state index is 13.2. The van der Waals surface area contributed by atoms with Crippen molar-refractivity contribution in [3.63, 3.8) is 0 Å². The molecule has 186 valence electrons. The molecule has 0 unspecified atom stereocenters. The second kappa shape index (κ2) is 10.5. The molecule has 0 N–H and O–H groups in total. The maximum Gasteiger partial charge on any atom is 0.333 e. The summed E-state index contributed by atoms with van der Waals surface area (Å²) in [4.78, 5) is 46.3. The van der Waals surface area contributed by atoms with Gasteiger partial charge in [-0.1, -0.05) is 42.5 Å². The van der Waals surface area contributed by atoms with Gasteiger partial charge in [-0.3, -0.25) is 24.3 Å². The molecule has 2 saturated heterocycles. The number of barbiturate groups is 1. The summed E-state index contributed by atoms with van der Waals surface area (Å²) in [6, 6.07) is 16.9. The summed E-state index contributed by atoms with van der Waals surface area (Å²) in [5.74, 6) is 0.0122. The average molecular weight is 479 g/mol. The third-order valence-electron chi connectivity index (χ3n) is 6.86. The summed E-state index contributed by atoms with van der Waals surface area (Å²) in [6.07, 6.45) is 0.662. The number of imide groups is 2. The number of ether oxygens (including phenoxy) is 1. The number of carbonyl (C=O) groups is 3. The number of urea groups is 1. The number of hydrogen-bond acceptors (Lipinski definition) is 6. The Balaban J connectivity index is 1.33.